The molecule has 0 bridgehead atoms. The Bertz CT molecular complexity index is 633. The van der Waals surface area contributed by atoms with Crippen molar-refractivity contribution in [2.75, 3.05) is 7.11 Å². The first-order valence-corrected chi connectivity index (χ1v) is 7.98. The van der Waals surface area contributed by atoms with Gasteiger partial charge in [-0.2, -0.15) is 0 Å². The van der Waals surface area contributed by atoms with Gasteiger partial charge in [0.25, 0.3) is 0 Å². The molecule has 0 fully saturated rings. The van der Waals surface area contributed by atoms with Crippen molar-refractivity contribution >= 4 is 0 Å². The SMILES string of the molecule is COc1cc(CNC(C)(C)C)ccc1OCc1ccc(C)cc1.[Cl-]. The van der Waals surface area contributed by atoms with E-state index in [0.29, 0.717) is 6.61 Å². The molecule has 132 valence electrons. The lowest BCUT2D eigenvalue weighted by Crippen LogP contribution is -3.00. The Morgan fingerprint density at radius 2 is 1.54 bits per heavy atom. The van der Waals surface area contributed by atoms with E-state index >= 15 is 0 Å². The minimum absolute atomic E-state index is 0. The number of nitrogens with one attached hydrogen (secondary N) is 1. The van der Waals surface area contributed by atoms with Gasteiger partial charge < -0.3 is 27.2 Å². The highest BCUT2D eigenvalue weighted by Crippen LogP contribution is 2.29. The lowest BCUT2D eigenvalue weighted by Gasteiger charge is -2.21. The zero-order valence-corrected chi connectivity index (χ0v) is 15.9. The predicted molar refractivity (Wildman–Crippen MR) is 95.1 cm³/mol. The van der Waals surface area contributed by atoms with Crippen LogP contribution in [-0.4, -0.2) is 12.6 Å². The Hall–Kier alpha value is -1.71. The number of hydrogen-bond acceptors (Lipinski definition) is 3. The van der Waals surface area contributed by atoms with Crippen LogP contribution in [-0.2, 0) is 13.2 Å². The summed E-state index contributed by atoms with van der Waals surface area (Å²) in [5.41, 5.74) is 3.67. The first-order chi connectivity index (χ1) is 10.9. The fourth-order valence-corrected chi connectivity index (χ4v) is 2.15. The standard InChI is InChI=1S/C20H27NO2.ClH/c1-15-6-8-16(9-7-15)14-23-18-11-10-17(12-19(18)22-5)13-21-20(2,3)4;/h6-12,21H,13-14H2,1-5H3;1H/p-1. The number of ether oxygens (including phenoxy) is 2. The maximum atomic E-state index is 5.91. The van der Waals surface area contributed by atoms with Gasteiger partial charge in [0.05, 0.1) is 7.11 Å². The summed E-state index contributed by atoms with van der Waals surface area (Å²) < 4.78 is 11.4. The Labute approximate surface area is 151 Å². The molecule has 0 aliphatic rings. The van der Waals surface area contributed by atoms with Crippen molar-refractivity contribution in [3.8, 4) is 11.5 Å². The van der Waals surface area contributed by atoms with Crippen molar-refractivity contribution < 1.29 is 21.9 Å². The summed E-state index contributed by atoms with van der Waals surface area (Å²) in [5, 5.41) is 3.48. The summed E-state index contributed by atoms with van der Waals surface area (Å²) in [6.45, 7) is 9.89. The van der Waals surface area contributed by atoms with E-state index in [1.165, 1.54) is 11.1 Å². The fraction of sp³-hybridized carbons (Fsp3) is 0.400. The van der Waals surface area contributed by atoms with Gasteiger partial charge in [-0.25, -0.2) is 0 Å². The molecule has 2 rings (SSSR count). The smallest absolute Gasteiger partial charge is 0.161 e. The highest BCUT2D eigenvalue weighted by molar-refractivity contribution is 5.43. The van der Waals surface area contributed by atoms with E-state index in [9.17, 15) is 0 Å². The van der Waals surface area contributed by atoms with Crippen molar-refractivity contribution in [3.05, 3.63) is 59.2 Å². The van der Waals surface area contributed by atoms with Gasteiger partial charge in [0.15, 0.2) is 11.5 Å². The quantitative estimate of drug-likeness (QED) is 0.857. The summed E-state index contributed by atoms with van der Waals surface area (Å²) >= 11 is 0. The van der Waals surface area contributed by atoms with Gasteiger partial charge >= 0.3 is 0 Å². The molecule has 3 nitrogen and oxygen atoms in total. The molecule has 24 heavy (non-hydrogen) atoms. The van der Waals surface area contributed by atoms with Crippen molar-refractivity contribution in [1.29, 1.82) is 0 Å². The molecule has 2 aromatic rings. The summed E-state index contributed by atoms with van der Waals surface area (Å²) in [6, 6.07) is 14.4. The van der Waals surface area contributed by atoms with Crippen LogP contribution in [0.4, 0.5) is 0 Å². The van der Waals surface area contributed by atoms with E-state index in [1.54, 1.807) is 7.11 Å². The number of hydrogen-bond donors (Lipinski definition) is 1. The maximum Gasteiger partial charge on any atom is 0.161 e. The van der Waals surface area contributed by atoms with E-state index in [0.717, 1.165) is 23.6 Å². The molecule has 0 aliphatic carbocycles. The predicted octanol–water partition coefficient (Wildman–Crippen LogP) is 1.47. The molecule has 1 N–H and O–H groups in total. The van der Waals surface area contributed by atoms with Crippen LogP contribution in [0.1, 0.15) is 37.5 Å². The molecule has 0 saturated heterocycles. The molecule has 4 heteroatoms. The zero-order valence-electron chi connectivity index (χ0n) is 15.2. The lowest BCUT2D eigenvalue weighted by molar-refractivity contribution is -0.00000612. The van der Waals surface area contributed by atoms with Crippen LogP contribution in [0.25, 0.3) is 0 Å². The maximum absolute atomic E-state index is 5.91. The fourth-order valence-electron chi connectivity index (χ4n) is 2.15. The third kappa shape index (κ3) is 6.42. The molecule has 0 unspecified atom stereocenters. The van der Waals surface area contributed by atoms with Crippen LogP contribution in [0.15, 0.2) is 42.5 Å². The number of benzene rings is 2. The monoisotopic (exact) mass is 348 g/mol. The molecule has 2 aromatic carbocycles. The lowest BCUT2D eigenvalue weighted by atomic mass is 10.1. The zero-order chi connectivity index (χ0) is 16.9. The van der Waals surface area contributed by atoms with Crippen molar-refractivity contribution in [2.24, 2.45) is 0 Å². The molecule has 0 saturated carbocycles. The van der Waals surface area contributed by atoms with Gasteiger partial charge in [-0.3, -0.25) is 0 Å². The van der Waals surface area contributed by atoms with Gasteiger partial charge in [0.2, 0.25) is 0 Å². The molecular weight excluding hydrogens is 322 g/mol. The summed E-state index contributed by atoms with van der Waals surface area (Å²) in [4.78, 5) is 0. The molecular formula is C20H27ClNO2-. The Kier molecular flexibility index (Phi) is 7.59. The van der Waals surface area contributed by atoms with Crippen molar-refractivity contribution in [3.63, 3.8) is 0 Å². The molecule has 0 aromatic heterocycles. The second-order valence-electron chi connectivity index (χ2n) is 6.86. The largest absolute Gasteiger partial charge is 1.00 e. The van der Waals surface area contributed by atoms with Gasteiger partial charge in [0.1, 0.15) is 6.61 Å². The second-order valence-corrected chi connectivity index (χ2v) is 6.86. The summed E-state index contributed by atoms with van der Waals surface area (Å²) in [7, 11) is 1.68. The third-order valence-corrected chi connectivity index (χ3v) is 3.57. The van der Waals surface area contributed by atoms with Crippen LogP contribution < -0.4 is 27.2 Å². The van der Waals surface area contributed by atoms with Crippen molar-refractivity contribution in [2.45, 2.75) is 46.4 Å². The Morgan fingerprint density at radius 1 is 0.917 bits per heavy atom. The molecule has 0 heterocycles. The normalized spacial score (nSPS) is 10.9. The highest BCUT2D eigenvalue weighted by atomic mass is 35.5. The summed E-state index contributed by atoms with van der Waals surface area (Å²) in [5.74, 6) is 1.54. The van der Waals surface area contributed by atoms with E-state index in [2.05, 4.69) is 63.3 Å². The van der Waals surface area contributed by atoms with Crippen molar-refractivity contribution in [1.82, 2.24) is 5.32 Å². The van der Waals surface area contributed by atoms with E-state index in [-0.39, 0.29) is 17.9 Å². The van der Waals surface area contributed by atoms with Crippen LogP contribution in [0.5, 0.6) is 11.5 Å². The van der Waals surface area contributed by atoms with Crippen LogP contribution in [0, 0.1) is 6.92 Å². The average Bonchev–Trinajstić information content (AvgIpc) is 2.52. The van der Waals surface area contributed by atoms with E-state index in [1.807, 2.05) is 12.1 Å². The van der Waals surface area contributed by atoms with Crippen LogP contribution in [0.3, 0.4) is 0 Å². The number of halogens is 1. The van der Waals surface area contributed by atoms with Gasteiger partial charge in [-0.15, -0.1) is 0 Å². The topological polar surface area (TPSA) is 30.5 Å². The Balaban J connectivity index is 0.00000288. The number of aryl methyl sites for hydroxylation is 1. The molecule has 0 spiro atoms. The van der Waals surface area contributed by atoms with E-state index < -0.39 is 0 Å². The van der Waals surface area contributed by atoms with Crippen LogP contribution in [0.2, 0.25) is 0 Å². The molecule has 0 aliphatic heterocycles. The number of methoxy groups -OCH3 is 1. The third-order valence-electron chi connectivity index (χ3n) is 3.57. The molecule has 0 radical (unpaired) electrons. The summed E-state index contributed by atoms with van der Waals surface area (Å²) in [6.07, 6.45) is 0. The minimum Gasteiger partial charge on any atom is -1.00 e. The van der Waals surface area contributed by atoms with Gasteiger partial charge in [-0.1, -0.05) is 35.9 Å². The van der Waals surface area contributed by atoms with Gasteiger partial charge in [0, 0.05) is 12.1 Å². The van der Waals surface area contributed by atoms with E-state index in [4.69, 9.17) is 9.47 Å². The molecule has 0 atom stereocenters. The average molecular weight is 349 g/mol. The number of rotatable bonds is 6. The Morgan fingerprint density at radius 3 is 2.12 bits per heavy atom. The van der Waals surface area contributed by atoms with Gasteiger partial charge in [-0.05, 0) is 51.0 Å². The second kappa shape index (κ2) is 8.95. The minimum atomic E-state index is 0. The first-order valence-electron chi connectivity index (χ1n) is 7.98. The highest BCUT2D eigenvalue weighted by Gasteiger charge is 2.10. The molecule has 0 amide bonds. The first kappa shape index (κ1) is 20.3. The van der Waals surface area contributed by atoms with Crippen LogP contribution >= 0.6 is 0 Å².